The average molecular weight is 417 g/mol. The van der Waals surface area contributed by atoms with E-state index in [2.05, 4.69) is 9.80 Å². The van der Waals surface area contributed by atoms with Gasteiger partial charge in [-0.25, -0.2) is 0 Å². The van der Waals surface area contributed by atoms with Crippen LogP contribution in [0.4, 0.5) is 0 Å². The van der Waals surface area contributed by atoms with E-state index in [-0.39, 0.29) is 11.8 Å². The summed E-state index contributed by atoms with van der Waals surface area (Å²) in [6.45, 7) is 8.72. The van der Waals surface area contributed by atoms with Crippen LogP contribution in [-0.2, 0) is 16.1 Å². The molecule has 2 amide bonds. The standard InChI is InChI=1S/C23H36N4O3/c1-19-6-9-21(30-19)16-27(20-7-8-20)23(29)18-25-14-12-24(13-15-25)17-22(28)26-10-4-2-3-5-11-26/h6,9,20H,2-5,7-8,10-18H2,1H3. The summed E-state index contributed by atoms with van der Waals surface area (Å²) in [5.41, 5.74) is 0. The van der Waals surface area contributed by atoms with Gasteiger partial charge in [0.05, 0.1) is 19.6 Å². The number of hydrogen-bond donors (Lipinski definition) is 0. The Hall–Kier alpha value is -1.86. The van der Waals surface area contributed by atoms with Crippen molar-refractivity contribution in [2.45, 2.75) is 58.0 Å². The zero-order chi connectivity index (χ0) is 20.9. The second kappa shape index (κ2) is 9.96. The first kappa shape index (κ1) is 21.4. The molecular formula is C23H36N4O3. The van der Waals surface area contributed by atoms with Crippen molar-refractivity contribution in [2.75, 3.05) is 52.4 Å². The minimum absolute atomic E-state index is 0.195. The summed E-state index contributed by atoms with van der Waals surface area (Å²) >= 11 is 0. The molecule has 0 spiro atoms. The third-order valence-corrected chi connectivity index (χ3v) is 6.57. The van der Waals surface area contributed by atoms with Gasteiger partial charge >= 0.3 is 0 Å². The van der Waals surface area contributed by atoms with Crippen LogP contribution in [0.1, 0.15) is 50.0 Å². The molecule has 7 heteroatoms. The van der Waals surface area contributed by atoms with Crippen LogP contribution in [0.3, 0.4) is 0 Å². The normalized spacial score (nSPS) is 21.4. The van der Waals surface area contributed by atoms with Crippen LogP contribution < -0.4 is 0 Å². The highest BCUT2D eigenvalue weighted by Crippen LogP contribution is 2.29. The fourth-order valence-corrected chi connectivity index (χ4v) is 4.54. The van der Waals surface area contributed by atoms with Crippen LogP contribution in [-0.4, -0.2) is 89.8 Å². The zero-order valence-electron chi connectivity index (χ0n) is 18.4. The Balaban J connectivity index is 1.21. The van der Waals surface area contributed by atoms with Crippen LogP contribution in [0.25, 0.3) is 0 Å². The van der Waals surface area contributed by atoms with Crippen molar-refractivity contribution in [2.24, 2.45) is 0 Å². The first-order valence-corrected chi connectivity index (χ1v) is 11.7. The third kappa shape index (κ3) is 5.85. The van der Waals surface area contributed by atoms with Gasteiger partial charge in [-0.15, -0.1) is 0 Å². The summed E-state index contributed by atoms with van der Waals surface area (Å²) in [6, 6.07) is 4.30. The lowest BCUT2D eigenvalue weighted by molar-refractivity contribution is -0.136. The van der Waals surface area contributed by atoms with Crippen LogP contribution >= 0.6 is 0 Å². The Bertz CT molecular complexity index is 714. The Morgan fingerprint density at radius 3 is 2.13 bits per heavy atom. The summed E-state index contributed by atoms with van der Waals surface area (Å²) in [5, 5.41) is 0. The number of furan rings is 1. The highest BCUT2D eigenvalue weighted by atomic mass is 16.3. The molecular weight excluding hydrogens is 380 g/mol. The third-order valence-electron chi connectivity index (χ3n) is 6.57. The van der Waals surface area contributed by atoms with Crippen molar-refractivity contribution < 1.29 is 14.0 Å². The lowest BCUT2D eigenvalue weighted by atomic mass is 10.2. The average Bonchev–Trinajstić information content (AvgIpc) is 3.53. The molecule has 1 saturated carbocycles. The summed E-state index contributed by atoms with van der Waals surface area (Å²) in [6.07, 6.45) is 6.95. The number of rotatable bonds is 7. The van der Waals surface area contributed by atoms with E-state index < -0.39 is 0 Å². The van der Waals surface area contributed by atoms with E-state index in [1.54, 1.807) is 0 Å². The van der Waals surface area contributed by atoms with E-state index >= 15 is 0 Å². The van der Waals surface area contributed by atoms with E-state index in [4.69, 9.17) is 4.42 Å². The Kier molecular flexibility index (Phi) is 7.10. The highest BCUT2D eigenvalue weighted by molar-refractivity contribution is 5.79. The maximum absolute atomic E-state index is 13.0. The maximum atomic E-state index is 13.0. The number of carbonyl (C=O) groups excluding carboxylic acids is 2. The second-order valence-electron chi connectivity index (χ2n) is 9.11. The Morgan fingerprint density at radius 1 is 0.933 bits per heavy atom. The molecule has 4 rings (SSSR count). The fraction of sp³-hybridized carbons (Fsp3) is 0.739. The molecule has 0 unspecified atom stereocenters. The molecule has 2 saturated heterocycles. The lowest BCUT2D eigenvalue weighted by Crippen LogP contribution is -2.52. The van der Waals surface area contributed by atoms with Crippen molar-refractivity contribution in [3.8, 4) is 0 Å². The van der Waals surface area contributed by atoms with Crippen molar-refractivity contribution in [3.05, 3.63) is 23.7 Å². The summed E-state index contributed by atoms with van der Waals surface area (Å²) < 4.78 is 5.69. The van der Waals surface area contributed by atoms with E-state index in [0.717, 1.165) is 76.5 Å². The van der Waals surface area contributed by atoms with Crippen molar-refractivity contribution >= 4 is 11.8 Å². The molecule has 0 bridgehead atoms. The number of nitrogens with zero attached hydrogens (tertiary/aromatic N) is 4. The molecule has 0 N–H and O–H groups in total. The molecule has 3 fully saturated rings. The van der Waals surface area contributed by atoms with Crippen LogP contribution in [0.5, 0.6) is 0 Å². The molecule has 166 valence electrons. The second-order valence-corrected chi connectivity index (χ2v) is 9.11. The number of aryl methyl sites for hydroxylation is 1. The molecule has 3 aliphatic rings. The van der Waals surface area contributed by atoms with Gasteiger partial charge in [0.15, 0.2) is 0 Å². The Labute approximate surface area is 180 Å². The van der Waals surface area contributed by atoms with E-state index in [9.17, 15) is 9.59 Å². The monoisotopic (exact) mass is 416 g/mol. The molecule has 7 nitrogen and oxygen atoms in total. The minimum Gasteiger partial charge on any atom is -0.464 e. The van der Waals surface area contributed by atoms with Gasteiger partial charge in [-0.3, -0.25) is 19.4 Å². The molecule has 0 atom stereocenters. The number of piperazine rings is 1. The molecule has 2 aliphatic heterocycles. The van der Waals surface area contributed by atoms with Crippen LogP contribution in [0.15, 0.2) is 16.5 Å². The van der Waals surface area contributed by atoms with Crippen LogP contribution in [0, 0.1) is 6.92 Å². The first-order chi connectivity index (χ1) is 14.6. The largest absolute Gasteiger partial charge is 0.464 e. The van der Waals surface area contributed by atoms with Gasteiger partial charge < -0.3 is 14.2 Å². The first-order valence-electron chi connectivity index (χ1n) is 11.7. The van der Waals surface area contributed by atoms with Gasteiger partial charge in [0, 0.05) is 45.3 Å². The SMILES string of the molecule is Cc1ccc(CN(C(=O)CN2CCN(CC(=O)N3CCCCCC3)CC2)C2CC2)o1. The van der Waals surface area contributed by atoms with E-state index in [1.165, 1.54) is 12.8 Å². The van der Waals surface area contributed by atoms with Gasteiger partial charge in [0.1, 0.15) is 11.5 Å². The topological polar surface area (TPSA) is 60.2 Å². The Morgan fingerprint density at radius 2 is 1.57 bits per heavy atom. The van der Waals surface area contributed by atoms with Gasteiger partial charge in [0.25, 0.3) is 0 Å². The van der Waals surface area contributed by atoms with Gasteiger partial charge in [-0.05, 0) is 44.7 Å². The summed E-state index contributed by atoms with van der Waals surface area (Å²) in [7, 11) is 0. The van der Waals surface area contributed by atoms with Crippen molar-refractivity contribution in [3.63, 3.8) is 0 Å². The molecule has 3 heterocycles. The van der Waals surface area contributed by atoms with Crippen molar-refractivity contribution in [1.29, 1.82) is 0 Å². The minimum atomic E-state index is 0.195. The molecule has 30 heavy (non-hydrogen) atoms. The van der Waals surface area contributed by atoms with Gasteiger partial charge in [-0.1, -0.05) is 12.8 Å². The predicted molar refractivity (Wildman–Crippen MR) is 115 cm³/mol. The summed E-state index contributed by atoms with van der Waals surface area (Å²) in [5.74, 6) is 2.22. The van der Waals surface area contributed by atoms with E-state index in [1.807, 2.05) is 28.9 Å². The number of hydrogen-bond acceptors (Lipinski definition) is 5. The van der Waals surface area contributed by atoms with E-state index in [0.29, 0.717) is 25.7 Å². The lowest BCUT2D eigenvalue weighted by Gasteiger charge is -2.36. The molecule has 0 aromatic carbocycles. The van der Waals surface area contributed by atoms with Crippen LogP contribution in [0.2, 0.25) is 0 Å². The quantitative estimate of drug-likeness (QED) is 0.681. The fourth-order valence-electron chi connectivity index (χ4n) is 4.54. The zero-order valence-corrected chi connectivity index (χ0v) is 18.4. The van der Waals surface area contributed by atoms with Crippen molar-refractivity contribution in [1.82, 2.24) is 19.6 Å². The molecule has 1 aromatic heterocycles. The smallest absolute Gasteiger partial charge is 0.237 e. The predicted octanol–water partition coefficient (Wildman–Crippen LogP) is 2.10. The summed E-state index contributed by atoms with van der Waals surface area (Å²) in [4.78, 5) is 34.1. The van der Waals surface area contributed by atoms with Gasteiger partial charge in [-0.2, -0.15) is 0 Å². The number of amides is 2. The molecule has 0 radical (unpaired) electrons. The maximum Gasteiger partial charge on any atom is 0.237 e. The van der Waals surface area contributed by atoms with Gasteiger partial charge in [0.2, 0.25) is 11.8 Å². The molecule has 1 aromatic rings. The molecule has 1 aliphatic carbocycles. The number of likely N-dealkylation sites (tertiary alicyclic amines) is 1. The highest BCUT2D eigenvalue weighted by Gasteiger charge is 2.34. The number of carbonyl (C=O) groups is 2.